The second-order valence-corrected chi connectivity index (χ2v) is 4.43. The second-order valence-electron chi connectivity index (χ2n) is 4.43. The Labute approximate surface area is 101 Å². The van der Waals surface area contributed by atoms with Gasteiger partial charge in [0.05, 0.1) is 7.11 Å². The van der Waals surface area contributed by atoms with Crippen LogP contribution in [0.5, 0.6) is 5.75 Å². The van der Waals surface area contributed by atoms with Crippen LogP contribution in [0.4, 0.5) is 4.39 Å². The van der Waals surface area contributed by atoms with E-state index in [2.05, 4.69) is 10.6 Å². The smallest absolute Gasteiger partial charge is 0.123 e. The summed E-state index contributed by atoms with van der Waals surface area (Å²) in [5.74, 6) is 1.31. The van der Waals surface area contributed by atoms with Crippen molar-refractivity contribution in [3.05, 3.63) is 29.6 Å². The summed E-state index contributed by atoms with van der Waals surface area (Å²) in [6.45, 7) is 4.10. The number of hydrogen-bond donors (Lipinski definition) is 2. The minimum Gasteiger partial charge on any atom is -0.496 e. The lowest BCUT2D eigenvalue weighted by Crippen LogP contribution is -2.47. The first-order chi connectivity index (χ1) is 8.29. The Balaban J connectivity index is 1.78. The summed E-state index contributed by atoms with van der Waals surface area (Å²) < 4.78 is 18.3. The quantitative estimate of drug-likeness (QED) is 0.730. The van der Waals surface area contributed by atoms with Gasteiger partial charge in [0.15, 0.2) is 0 Å². The molecule has 4 heteroatoms. The molecule has 1 aromatic rings. The topological polar surface area (TPSA) is 33.3 Å². The van der Waals surface area contributed by atoms with Gasteiger partial charge in [-0.15, -0.1) is 0 Å². The van der Waals surface area contributed by atoms with Gasteiger partial charge in [0.25, 0.3) is 0 Å². The van der Waals surface area contributed by atoms with Crippen LogP contribution in [0, 0.1) is 11.7 Å². The third kappa shape index (κ3) is 3.41. The van der Waals surface area contributed by atoms with E-state index in [0.717, 1.165) is 49.8 Å². The van der Waals surface area contributed by atoms with Crippen molar-refractivity contribution in [1.82, 2.24) is 10.6 Å². The standard InChI is InChI=1S/C13H19FN2O/c1-17-13-3-2-12(14)6-11(13)4-5-15-7-10-8-16-9-10/h2-3,6,10,15-16H,4-5,7-9H2,1H3. The van der Waals surface area contributed by atoms with Gasteiger partial charge in [-0.2, -0.15) is 0 Å². The number of nitrogens with one attached hydrogen (secondary N) is 2. The molecule has 1 fully saturated rings. The van der Waals surface area contributed by atoms with E-state index >= 15 is 0 Å². The van der Waals surface area contributed by atoms with Crippen LogP contribution in [-0.4, -0.2) is 33.3 Å². The number of methoxy groups -OCH3 is 1. The number of hydrogen-bond acceptors (Lipinski definition) is 3. The Morgan fingerprint density at radius 3 is 2.94 bits per heavy atom. The molecule has 0 unspecified atom stereocenters. The molecule has 94 valence electrons. The molecule has 1 aromatic carbocycles. The van der Waals surface area contributed by atoms with E-state index in [9.17, 15) is 4.39 Å². The summed E-state index contributed by atoms with van der Waals surface area (Å²) in [6.07, 6.45) is 0.793. The molecular weight excluding hydrogens is 219 g/mol. The Kier molecular flexibility index (Phi) is 4.34. The molecule has 2 rings (SSSR count). The minimum atomic E-state index is -0.205. The molecule has 1 heterocycles. The molecule has 0 aliphatic carbocycles. The van der Waals surface area contributed by atoms with Crippen molar-refractivity contribution < 1.29 is 9.13 Å². The van der Waals surface area contributed by atoms with Gasteiger partial charge in [-0.3, -0.25) is 0 Å². The van der Waals surface area contributed by atoms with Gasteiger partial charge < -0.3 is 15.4 Å². The van der Waals surface area contributed by atoms with Crippen LogP contribution in [0.3, 0.4) is 0 Å². The van der Waals surface area contributed by atoms with E-state index in [0.29, 0.717) is 0 Å². The van der Waals surface area contributed by atoms with Gasteiger partial charge >= 0.3 is 0 Å². The third-order valence-electron chi connectivity index (χ3n) is 3.11. The van der Waals surface area contributed by atoms with Crippen molar-refractivity contribution >= 4 is 0 Å². The lowest BCUT2D eigenvalue weighted by Gasteiger charge is -2.27. The van der Waals surface area contributed by atoms with Crippen LogP contribution < -0.4 is 15.4 Å². The molecule has 0 bridgehead atoms. The van der Waals surface area contributed by atoms with Gasteiger partial charge in [-0.1, -0.05) is 0 Å². The first-order valence-corrected chi connectivity index (χ1v) is 6.03. The molecule has 1 saturated heterocycles. The average Bonchev–Trinajstić information content (AvgIpc) is 2.26. The summed E-state index contributed by atoms with van der Waals surface area (Å²) >= 11 is 0. The zero-order valence-corrected chi connectivity index (χ0v) is 10.1. The lowest BCUT2D eigenvalue weighted by atomic mass is 10.0. The Morgan fingerprint density at radius 1 is 1.47 bits per heavy atom. The average molecular weight is 238 g/mol. The van der Waals surface area contributed by atoms with Crippen LogP contribution in [0.1, 0.15) is 5.56 Å². The SMILES string of the molecule is COc1ccc(F)cc1CCNCC1CNC1. The summed E-state index contributed by atoms with van der Waals surface area (Å²) in [5.41, 5.74) is 0.923. The van der Waals surface area contributed by atoms with E-state index in [-0.39, 0.29) is 5.82 Å². The van der Waals surface area contributed by atoms with E-state index < -0.39 is 0 Å². The fraction of sp³-hybridized carbons (Fsp3) is 0.538. The van der Waals surface area contributed by atoms with Crippen molar-refractivity contribution in [2.75, 3.05) is 33.3 Å². The Bertz CT molecular complexity index is 366. The molecule has 0 saturated carbocycles. The molecule has 17 heavy (non-hydrogen) atoms. The van der Waals surface area contributed by atoms with Crippen molar-refractivity contribution in [1.29, 1.82) is 0 Å². The molecular formula is C13H19FN2O. The van der Waals surface area contributed by atoms with Crippen LogP contribution in [-0.2, 0) is 6.42 Å². The molecule has 0 spiro atoms. The zero-order valence-electron chi connectivity index (χ0n) is 10.1. The maximum Gasteiger partial charge on any atom is 0.123 e. The Hall–Kier alpha value is -1.13. The van der Waals surface area contributed by atoms with E-state index in [4.69, 9.17) is 4.74 Å². The van der Waals surface area contributed by atoms with Crippen LogP contribution in [0.25, 0.3) is 0 Å². The molecule has 0 amide bonds. The summed E-state index contributed by atoms with van der Waals surface area (Å²) in [7, 11) is 1.62. The fourth-order valence-corrected chi connectivity index (χ4v) is 1.96. The predicted octanol–water partition coefficient (Wildman–Crippen LogP) is 1.19. The lowest BCUT2D eigenvalue weighted by molar-refractivity contribution is 0.332. The van der Waals surface area contributed by atoms with E-state index in [1.54, 1.807) is 19.2 Å². The second kappa shape index (κ2) is 5.98. The Morgan fingerprint density at radius 2 is 2.29 bits per heavy atom. The van der Waals surface area contributed by atoms with Gasteiger partial charge in [0.1, 0.15) is 11.6 Å². The molecule has 2 N–H and O–H groups in total. The first kappa shape index (κ1) is 12.3. The number of benzene rings is 1. The normalized spacial score (nSPS) is 15.6. The summed E-state index contributed by atoms with van der Waals surface area (Å²) in [6, 6.07) is 4.65. The predicted molar refractivity (Wildman–Crippen MR) is 65.9 cm³/mol. The van der Waals surface area contributed by atoms with Gasteiger partial charge in [0.2, 0.25) is 0 Å². The van der Waals surface area contributed by atoms with Crippen molar-refractivity contribution in [3.8, 4) is 5.75 Å². The van der Waals surface area contributed by atoms with Crippen LogP contribution in [0.2, 0.25) is 0 Å². The third-order valence-corrected chi connectivity index (χ3v) is 3.11. The molecule has 0 aromatic heterocycles. The molecule has 1 aliphatic rings. The number of halogens is 1. The zero-order chi connectivity index (χ0) is 12.1. The summed E-state index contributed by atoms with van der Waals surface area (Å²) in [4.78, 5) is 0. The largest absolute Gasteiger partial charge is 0.496 e. The van der Waals surface area contributed by atoms with Gasteiger partial charge in [-0.25, -0.2) is 4.39 Å². The fourth-order valence-electron chi connectivity index (χ4n) is 1.96. The van der Waals surface area contributed by atoms with Crippen LogP contribution >= 0.6 is 0 Å². The highest BCUT2D eigenvalue weighted by atomic mass is 19.1. The van der Waals surface area contributed by atoms with Gasteiger partial charge in [0, 0.05) is 19.6 Å². The first-order valence-electron chi connectivity index (χ1n) is 6.03. The monoisotopic (exact) mass is 238 g/mol. The number of rotatable bonds is 6. The molecule has 1 aliphatic heterocycles. The molecule has 0 atom stereocenters. The van der Waals surface area contributed by atoms with E-state index in [1.165, 1.54) is 6.07 Å². The maximum absolute atomic E-state index is 13.1. The molecule has 3 nitrogen and oxygen atoms in total. The minimum absolute atomic E-state index is 0.205. The number of ether oxygens (including phenoxy) is 1. The summed E-state index contributed by atoms with van der Waals surface area (Å²) in [5, 5.41) is 6.62. The molecule has 0 radical (unpaired) electrons. The van der Waals surface area contributed by atoms with E-state index in [1.807, 2.05) is 0 Å². The van der Waals surface area contributed by atoms with Crippen molar-refractivity contribution in [2.45, 2.75) is 6.42 Å². The highest BCUT2D eigenvalue weighted by Gasteiger charge is 2.15. The van der Waals surface area contributed by atoms with Gasteiger partial charge in [-0.05, 0) is 42.6 Å². The highest BCUT2D eigenvalue weighted by molar-refractivity contribution is 5.34. The van der Waals surface area contributed by atoms with Crippen LogP contribution in [0.15, 0.2) is 18.2 Å². The maximum atomic E-state index is 13.1. The van der Waals surface area contributed by atoms with Crippen molar-refractivity contribution in [2.24, 2.45) is 5.92 Å². The highest BCUT2D eigenvalue weighted by Crippen LogP contribution is 2.19. The van der Waals surface area contributed by atoms with Crippen molar-refractivity contribution in [3.63, 3.8) is 0 Å².